The van der Waals surface area contributed by atoms with Crippen LogP contribution in [0.15, 0.2) is 54.6 Å². The molecular formula is C16H15N. The van der Waals surface area contributed by atoms with Gasteiger partial charge in [0.15, 0.2) is 0 Å². The highest BCUT2D eigenvalue weighted by molar-refractivity contribution is 5.97. The maximum atomic E-state index is 3.51. The first-order valence-electron chi connectivity index (χ1n) is 6.05. The fraction of sp³-hybridized carbons (Fsp3) is 0.125. The average molecular weight is 221 g/mol. The Labute approximate surface area is 101 Å². The van der Waals surface area contributed by atoms with E-state index in [9.17, 15) is 0 Å². The van der Waals surface area contributed by atoms with Crippen molar-refractivity contribution >= 4 is 10.9 Å². The maximum absolute atomic E-state index is 3.51. The number of H-pyrrole nitrogens is 1. The highest BCUT2D eigenvalue weighted by Gasteiger charge is 2.10. The summed E-state index contributed by atoms with van der Waals surface area (Å²) in [6.07, 6.45) is 1.03. The van der Waals surface area contributed by atoms with E-state index in [4.69, 9.17) is 0 Å². The molecule has 2 aromatic carbocycles. The van der Waals surface area contributed by atoms with Crippen LogP contribution in [0.3, 0.4) is 0 Å². The standard InChI is InChI=1S/C16H15N/c1-2-14-16(12-8-4-3-5-9-12)13-10-6-7-11-15(13)17-14/h3-11,17H,2H2,1H3. The summed E-state index contributed by atoms with van der Waals surface area (Å²) in [5.74, 6) is 0. The largest absolute Gasteiger partial charge is 0.358 e. The summed E-state index contributed by atoms with van der Waals surface area (Å²) in [5.41, 5.74) is 5.19. The van der Waals surface area contributed by atoms with Gasteiger partial charge in [-0.05, 0) is 18.1 Å². The first kappa shape index (κ1) is 10.2. The summed E-state index contributed by atoms with van der Waals surface area (Å²) in [6, 6.07) is 19.1. The predicted molar refractivity (Wildman–Crippen MR) is 73.1 cm³/mol. The van der Waals surface area contributed by atoms with E-state index in [2.05, 4.69) is 66.5 Å². The average Bonchev–Trinajstić information content (AvgIpc) is 2.78. The molecule has 0 atom stereocenters. The second kappa shape index (κ2) is 4.10. The Kier molecular flexibility index (Phi) is 2.45. The molecule has 0 unspecified atom stereocenters. The molecule has 17 heavy (non-hydrogen) atoms. The summed E-state index contributed by atoms with van der Waals surface area (Å²) in [6.45, 7) is 2.19. The lowest BCUT2D eigenvalue weighted by Gasteiger charge is -2.02. The van der Waals surface area contributed by atoms with Gasteiger partial charge < -0.3 is 4.98 Å². The summed E-state index contributed by atoms with van der Waals surface area (Å²) in [5, 5.41) is 1.32. The third-order valence-electron chi connectivity index (χ3n) is 3.20. The van der Waals surface area contributed by atoms with Gasteiger partial charge in [0.25, 0.3) is 0 Å². The second-order valence-corrected chi connectivity index (χ2v) is 4.24. The highest BCUT2D eigenvalue weighted by Crippen LogP contribution is 2.32. The lowest BCUT2D eigenvalue weighted by molar-refractivity contribution is 1.08. The van der Waals surface area contributed by atoms with Crippen molar-refractivity contribution in [3.8, 4) is 11.1 Å². The van der Waals surface area contributed by atoms with E-state index in [1.165, 1.54) is 27.7 Å². The Balaban J connectivity index is 2.34. The zero-order valence-corrected chi connectivity index (χ0v) is 9.90. The number of rotatable bonds is 2. The maximum Gasteiger partial charge on any atom is 0.0462 e. The van der Waals surface area contributed by atoms with Crippen molar-refractivity contribution in [3.63, 3.8) is 0 Å². The Bertz CT molecular complexity index is 635. The number of fused-ring (bicyclic) bond motifs is 1. The van der Waals surface area contributed by atoms with Crippen molar-refractivity contribution < 1.29 is 0 Å². The van der Waals surface area contributed by atoms with Crippen molar-refractivity contribution in [2.75, 3.05) is 0 Å². The van der Waals surface area contributed by atoms with Gasteiger partial charge in [0.05, 0.1) is 0 Å². The molecule has 3 aromatic rings. The Morgan fingerprint density at radius 3 is 2.35 bits per heavy atom. The molecule has 0 bridgehead atoms. The number of benzene rings is 2. The van der Waals surface area contributed by atoms with Gasteiger partial charge in [-0.2, -0.15) is 0 Å². The minimum atomic E-state index is 1.03. The number of aryl methyl sites for hydroxylation is 1. The molecule has 0 saturated heterocycles. The number of aromatic amines is 1. The zero-order chi connectivity index (χ0) is 11.7. The van der Waals surface area contributed by atoms with Gasteiger partial charge >= 0.3 is 0 Å². The van der Waals surface area contributed by atoms with Crippen molar-refractivity contribution in [2.45, 2.75) is 13.3 Å². The molecule has 1 nitrogen and oxygen atoms in total. The first-order valence-corrected chi connectivity index (χ1v) is 6.05. The zero-order valence-electron chi connectivity index (χ0n) is 9.90. The lowest BCUT2D eigenvalue weighted by atomic mass is 10.0. The van der Waals surface area contributed by atoms with E-state index in [1.54, 1.807) is 0 Å². The number of hydrogen-bond donors (Lipinski definition) is 1. The third-order valence-corrected chi connectivity index (χ3v) is 3.20. The normalized spacial score (nSPS) is 10.9. The molecule has 0 aliphatic carbocycles. The summed E-state index contributed by atoms with van der Waals surface area (Å²) >= 11 is 0. The van der Waals surface area contributed by atoms with E-state index in [0.29, 0.717) is 0 Å². The van der Waals surface area contributed by atoms with Gasteiger partial charge in [-0.1, -0.05) is 55.5 Å². The van der Waals surface area contributed by atoms with Crippen LogP contribution in [0.4, 0.5) is 0 Å². The van der Waals surface area contributed by atoms with Crippen LogP contribution in [-0.2, 0) is 6.42 Å². The molecule has 1 heterocycles. The van der Waals surface area contributed by atoms with Gasteiger partial charge in [0.2, 0.25) is 0 Å². The van der Waals surface area contributed by atoms with E-state index in [1.807, 2.05) is 0 Å². The molecule has 0 spiro atoms. The van der Waals surface area contributed by atoms with Crippen molar-refractivity contribution in [1.29, 1.82) is 0 Å². The van der Waals surface area contributed by atoms with Crippen LogP contribution in [0.2, 0.25) is 0 Å². The van der Waals surface area contributed by atoms with Crippen LogP contribution in [0.25, 0.3) is 22.0 Å². The Morgan fingerprint density at radius 2 is 1.59 bits per heavy atom. The quantitative estimate of drug-likeness (QED) is 0.660. The van der Waals surface area contributed by atoms with Gasteiger partial charge in [-0.15, -0.1) is 0 Å². The monoisotopic (exact) mass is 221 g/mol. The van der Waals surface area contributed by atoms with Crippen LogP contribution in [0, 0.1) is 0 Å². The number of hydrogen-bond acceptors (Lipinski definition) is 0. The molecule has 0 amide bonds. The summed E-state index contributed by atoms with van der Waals surface area (Å²) in [4.78, 5) is 3.51. The second-order valence-electron chi connectivity index (χ2n) is 4.24. The summed E-state index contributed by atoms with van der Waals surface area (Å²) in [7, 11) is 0. The van der Waals surface area contributed by atoms with E-state index in [-0.39, 0.29) is 0 Å². The van der Waals surface area contributed by atoms with Crippen molar-refractivity contribution in [3.05, 3.63) is 60.3 Å². The van der Waals surface area contributed by atoms with Gasteiger partial charge in [0, 0.05) is 22.2 Å². The van der Waals surface area contributed by atoms with E-state index < -0.39 is 0 Å². The van der Waals surface area contributed by atoms with Crippen LogP contribution in [-0.4, -0.2) is 4.98 Å². The molecular weight excluding hydrogens is 206 g/mol. The van der Waals surface area contributed by atoms with Crippen molar-refractivity contribution in [1.82, 2.24) is 4.98 Å². The molecule has 3 rings (SSSR count). The van der Waals surface area contributed by atoms with Crippen LogP contribution in [0.5, 0.6) is 0 Å². The van der Waals surface area contributed by atoms with E-state index in [0.717, 1.165) is 6.42 Å². The molecule has 1 N–H and O–H groups in total. The molecule has 1 heteroatoms. The smallest absolute Gasteiger partial charge is 0.0462 e. The molecule has 0 aliphatic heterocycles. The van der Waals surface area contributed by atoms with E-state index >= 15 is 0 Å². The third kappa shape index (κ3) is 1.64. The Morgan fingerprint density at radius 1 is 0.882 bits per heavy atom. The SMILES string of the molecule is CCc1[nH]c2ccccc2c1-c1ccccc1. The minimum absolute atomic E-state index is 1.03. The molecule has 0 radical (unpaired) electrons. The topological polar surface area (TPSA) is 15.8 Å². The summed E-state index contributed by atoms with van der Waals surface area (Å²) < 4.78 is 0. The van der Waals surface area contributed by atoms with Gasteiger partial charge in [-0.25, -0.2) is 0 Å². The van der Waals surface area contributed by atoms with Crippen LogP contribution < -0.4 is 0 Å². The number of para-hydroxylation sites is 1. The fourth-order valence-electron chi connectivity index (χ4n) is 2.40. The van der Waals surface area contributed by atoms with Gasteiger partial charge in [0.1, 0.15) is 0 Å². The number of aromatic nitrogens is 1. The molecule has 1 aromatic heterocycles. The minimum Gasteiger partial charge on any atom is -0.358 e. The van der Waals surface area contributed by atoms with Crippen LogP contribution in [0.1, 0.15) is 12.6 Å². The highest BCUT2D eigenvalue weighted by atomic mass is 14.7. The molecule has 0 saturated carbocycles. The van der Waals surface area contributed by atoms with Crippen LogP contribution >= 0.6 is 0 Å². The lowest BCUT2D eigenvalue weighted by Crippen LogP contribution is -1.84. The Hall–Kier alpha value is -2.02. The number of nitrogens with one attached hydrogen (secondary N) is 1. The molecule has 0 fully saturated rings. The van der Waals surface area contributed by atoms with Crippen molar-refractivity contribution in [2.24, 2.45) is 0 Å². The molecule has 0 aliphatic rings. The first-order chi connectivity index (χ1) is 8.40. The van der Waals surface area contributed by atoms with Gasteiger partial charge in [-0.3, -0.25) is 0 Å². The predicted octanol–water partition coefficient (Wildman–Crippen LogP) is 4.40. The molecule has 84 valence electrons. The fourth-order valence-corrected chi connectivity index (χ4v) is 2.40.